The number of hydrogen-bond donors (Lipinski definition) is 0. The van der Waals surface area contributed by atoms with E-state index in [0.29, 0.717) is 19.8 Å². The van der Waals surface area contributed by atoms with E-state index >= 15 is 0 Å². The molecule has 2 aliphatic heterocycles. The van der Waals surface area contributed by atoms with E-state index in [0.717, 1.165) is 19.3 Å². The second-order valence-corrected chi connectivity index (χ2v) is 7.80. The number of rotatable bonds is 6. The lowest BCUT2D eigenvalue weighted by molar-refractivity contribution is -0.222. The van der Waals surface area contributed by atoms with Crippen LogP contribution in [0.25, 0.3) is 10.8 Å². The van der Waals surface area contributed by atoms with Crippen LogP contribution in [0.2, 0.25) is 0 Å². The van der Waals surface area contributed by atoms with Crippen molar-refractivity contribution in [2.45, 2.75) is 71.2 Å². The minimum Gasteiger partial charge on any atom is -0.368 e. The summed E-state index contributed by atoms with van der Waals surface area (Å²) in [6.07, 6.45) is 2.81. The Kier molecular flexibility index (Phi) is 5.79. The largest absolute Gasteiger partial charge is 0.368 e. The minimum atomic E-state index is -0.286. The molecule has 0 radical (unpaired) electrons. The van der Waals surface area contributed by atoms with Gasteiger partial charge in [0.1, 0.15) is 12.2 Å². The average molecular weight is 370 g/mol. The fourth-order valence-electron chi connectivity index (χ4n) is 4.11. The molecule has 2 fully saturated rings. The van der Waals surface area contributed by atoms with Gasteiger partial charge in [0.25, 0.3) is 0 Å². The van der Waals surface area contributed by atoms with E-state index in [1.807, 2.05) is 0 Å². The molecule has 4 rings (SSSR count). The normalized spacial score (nSPS) is 27.8. The Bertz CT molecular complexity index is 787. The number of unbranched alkanes of at least 4 members (excludes halogenated alkanes) is 1. The molecule has 4 heteroatoms. The maximum absolute atomic E-state index is 6.39. The highest BCUT2D eigenvalue weighted by molar-refractivity contribution is 5.84. The highest BCUT2D eigenvalue weighted by atomic mass is 16.7. The molecule has 2 aromatic carbocycles. The van der Waals surface area contributed by atoms with Gasteiger partial charge in [0.2, 0.25) is 0 Å². The number of benzene rings is 2. The second kappa shape index (κ2) is 8.27. The first kappa shape index (κ1) is 18.9. The molecule has 146 valence electrons. The zero-order chi connectivity index (χ0) is 18.8. The van der Waals surface area contributed by atoms with E-state index < -0.39 is 0 Å². The van der Waals surface area contributed by atoms with Crippen LogP contribution in [0.5, 0.6) is 0 Å². The van der Waals surface area contributed by atoms with Gasteiger partial charge in [-0.1, -0.05) is 49.6 Å². The molecule has 27 heavy (non-hydrogen) atoms. The van der Waals surface area contributed by atoms with Crippen molar-refractivity contribution in [2.24, 2.45) is 0 Å². The smallest absolute Gasteiger partial charge is 0.186 e. The van der Waals surface area contributed by atoms with Crippen LogP contribution >= 0.6 is 0 Å². The van der Waals surface area contributed by atoms with Gasteiger partial charge in [-0.3, -0.25) is 0 Å². The molecule has 0 bridgehead atoms. The zero-order valence-corrected chi connectivity index (χ0v) is 16.6. The lowest BCUT2D eigenvalue weighted by Gasteiger charge is -2.28. The predicted octanol–water partition coefficient (Wildman–Crippen LogP) is 4.67. The summed E-state index contributed by atoms with van der Waals surface area (Å²) >= 11 is 0. The Morgan fingerprint density at radius 2 is 1.89 bits per heavy atom. The van der Waals surface area contributed by atoms with Crippen LogP contribution in [0.4, 0.5) is 0 Å². The van der Waals surface area contributed by atoms with Crippen molar-refractivity contribution < 1.29 is 18.9 Å². The molecule has 0 aromatic heterocycles. The molecule has 2 aromatic rings. The van der Waals surface area contributed by atoms with Gasteiger partial charge >= 0.3 is 0 Å². The molecule has 2 saturated heterocycles. The van der Waals surface area contributed by atoms with Crippen LogP contribution < -0.4 is 0 Å². The maximum Gasteiger partial charge on any atom is 0.186 e. The molecule has 4 atom stereocenters. The van der Waals surface area contributed by atoms with Crippen LogP contribution in [0.1, 0.15) is 42.9 Å². The van der Waals surface area contributed by atoms with E-state index in [1.165, 1.54) is 27.5 Å². The van der Waals surface area contributed by atoms with Gasteiger partial charge in [0, 0.05) is 0 Å². The van der Waals surface area contributed by atoms with Gasteiger partial charge in [0.05, 0.1) is 25.9 Å². The highest BCUT2D eigenvalue weighted by Crippen LogP contribution is 2.33. The van der Waals surface area contributed by atoms with Gasteiger partial charge in [-0.15, -0.1) is 0 Å². The molecular formula is C23H30O4. The van der Waals surface area contributed by atoms with Crippen LogP contribution in [0, 0.1) is 13.8 Å². The molecule has 4 nitrogen and oxygen atoms in total. The molecule has 0 aliphatic carbocycles. The van der Waals surface area contributed by atoms with Crippen LogP contribution in [-0.4, -0.2) is 37.8 Å². The topological polar surface area (TPSA) is 36.9 Å². The van der Waals surface area contributed by atoms with E-state index in [-0.39, 0.29) is 24.6 Å². The standard InChI is InChI=1S/C23H30O4/c1-4-5-6-20-21(22-23(27-20)25-10-9-24-22)26-14-19-13-17-8-7-15(2)11-18(17)12-16(19)3/h7-8,11-13,20-23H,4-6,9-10,14H2,1-3H3/t20-,21+,22-,23+/m1/s1. The van der Waals surface area contributed by atoms with Gasteiger partial charge in [-0.05, 0) is 48.2 Å². The Labute approximate surface area is 161 Å². The summed E-state index contributed by atoms with van der Waals surface area (Å²) in [6, 6.07) is 11.1. The second-order valence-electron chi connectivity index (χ2n) is 7.80. The lowest BCUT2D eigenvalue weighted by atomic mass is 10.0. The Hall–Kier alpha value is -1.46. The van der Waals surface area contributed by atoms with E-state index in [1.54, 1.807) is 0 Å². The van der Waals surface area contributed by atoms with Crippen molar-refractivity contribution >= 4 is 10.8 Å². The Morgan fingerprint density at radius 1 is 1.04 bits per heavy atom. The molecule has 0 amide bonds. The predicted molar refractivity (Wildman–Crippen MR) is 106 cm³/mol. The summed E-state index contributed by atoms with van der Waals surface area (Å²) in [5.74, 6) is 0. The summed E-state index contributed by atoms with van der Waals surface area (Å²) < 4.78 is 24.2. The summed E-state index contributed by atoms with van der Waals surface area (Å²) in [5.41, 5.74) is 3.77. The first-order valence-corrected chi connectivity index (χ1v) is 10.2. The SMILES string of the molecule is CCCC[C@H]1O[C@@H]2OCCO[C@@H]2[C@H]1OCc1cc2ccc(C)cc2cc1C. The van der Waals surface area contributed by atoms with Crippen LogP contribution in [0.15, 0.2) is 30.3 Å². The van der Waals surface area contributed by atoms with E-state index in [4.69, 9.17) is 18.9 Å². The van der Waals surface area contributed by atoms with Crippen LogP contribution in [-0.2, 0) is 25.6 Å². The molecular weight excluding hydrogens is 340 g/mol. The number of fused-ring (bicyclic) bond motifs is 2. The van der Waals surface area contributed by atoms with E-state index in [2.05, 4.69) is 51.1 Å². The number of ether oxygens (including phenoxy) is 4. The van der Waals surface area contributed by atoms with Crippen LogP contribution in [0.3, 0.4) is 0 Å². The first-order valence-electron chi connectivity index (χ1n) is 10.2. The van der Waals surface area contributed by atoms with Crippen molar-refractivity contribution in [3.63, 3.8) is 0 Å². The van der Waals surface area contributed by atoms with Crippen molar-refractivity contribution in [1.82, 2.24) is 0 Å². The summed E-state index contributed by atoms with van der Waals surface area (Å²) in [5, 5.41) is 2.54. The average Bonchev–Trinajstić information content (AvgIpc) is 3.02. The molecule has 0 spiro atoms. The lowest BCUT2D eigenvalue weighted by Crippen LogP contribution is -2.42. The number of hydrogen-bond acceptors (Lipinski definition) is 4. The molecule has 0 saturated carbocycles. The first-order chi connectivity index (χ1) is 13.2. The maximum atomic E-state index is 6.39. The summed E-state index contributed by atoms with van der Waals surface area (Å²) in [6.45, 7) is 8.26. The van der Waals surface area contributed by atoms with Gasteiger partial charge in [-0.25, -0.2) is 0 Å². The molecule has 0 unspecified atom stereocenters. The van der Waals surface area contributed by atoms with Gasteiger partial charge in [0.15, 0.2) is 6.29 Å². The fraction of sp³-hybridized carbons (Fsp3) is 0.565. The fourth-order valence-corrected chi connectivity index (χ4v) is 4.11. The van der Waals surface area contributed by atoms with Crippen molar-refractivity contribution in [3.8, 4) is 0 Å². The van der Waals surface area contributed by atoms with E-state index in [9.17, 15) is 0 Å². The zero-order valence-electron chi connectivity index (χ0n) is 16.6. The quantitative estimate of drug-likeness (QED) is 0.740. The summed E-state index contributed by atoms with van der Waals surface area (Å²) in [4.78, 5) is 0. The number of aryl methyl sites for hydroxylation is 2. The molecule has 2 aliphatic rings. The van der Waals surface area contributed by atoms with Crippen molar-refractivity contribution in [2.75, 3.05) is 13.2 Å². The Morgan fingerprint density at radius 3 is 2.74 bits per heavy atom. The highest BCUT2D eigenvalue weighted by Gasteiger charge is 2.48. The third-order valence-corrected chi connectivity index (χ3v) is 5.67. The molecule has 0 N–H and O–H groups in total. The van der Waals surface area contributed by atoms with Gasteiger partial charge < -0.3 is 18.9 Å². The Balaban J connectivity index is 1.51. The minimum absolute atomic E-state index is 0.0430. The molecule has 2 heterocycles. The third-order valence-electron chi connectivity index (χ3n) is 5.67. The van der Waals surface area contributed by atoms with Crippen molar-refractivity contribution in [1.29, 1.82) is 0 Å². The summed E-state index contributed by atoms with van der Waals surface area (Å²) in [7, 11) is 0. The third kappa shape index (κ3) is 4.04. The van der Waals surface area contributed by atoms with Gasteiger partial charge in [-0.2, -0.15) is 0 Å². The van der Waals surface area contributed by atoms with Crippen molar-refractivity contribution in [3.05, 3.63) is 47.0 Å². The monoisotopic (exact) mass is 370 g/mol.